The van der Waals surface area contributed by atoms with Gasteiger partial charge in [-0.1, -0.05) is 5.11 Å². The lowest BCUT2D eigenvalue weighted by Gasteiger charge is -2.22. The molecule has 0 amide bonds. The average Bonchev–Trinajstić information content (AvgIpc) is 2.11. The summed E-state index contributed by atoms with van der Waals surface area (Å²) in [5.74, 6) is -0.267. The van der Waals surface area contributed by atoms with Crippen LogP contribution in [0.25, 0.3) is 10.4 Å². The molecule has 5 heteroatoms. The van der Waals surface area contributed by atoms with E-state index in [1.54, 1.807) is 6.92 Å². The predicted molar refractivity (Wildman–Crippen MR) is 52.7 cm³/mol. The van der Waals surface area contributed by atoms with Crippen LogP contribution in [0.15, 0.2) is 5.11 Å². The van der Waals surface area contributed by atoms with E-state index in [4.69, 9.17) is 5.53 Å². The van der Waals surface area contributed by atoms with Crippen LogP contribution in [0.5, 0.6) is 0 Å². The van der Waals surface area contributed by atoms with E-state index < -0.39 is 5.41 Å². The molecule has 0 radical (unpaired) electrons. The van der Waals surface area contributed by atoms with E-state index in [1.807, 2.05) is 0 Å². The van der Waals surface area contributed by atoms with Gasteiger partial charge >= 0.3 is 0 Å². The Morgan fingerprint density at radius 3 is 2.21 bits per heavy atom. The largest absolute Gasteiger partial charge is 0.299 e. The van der Waals surface area contributed by atoms with Gasteiger partial charge in [0, 0.05) is 11.5 Å². The molecule has 0 saturated heterocycles. The number of hydrogen-bond acceptors (Lipinski definition) is 3. The number of azide groups is 1. The van der Waals surface area contributed by atoms with Crippen molar-refractivity contribution in [3.05, 3.63) is 10.4 Å². The molecule has 0 rings (SSSR count). The van der Waals surface area contributed by atoms with Gasteiger partial charge in [-0.25, -0.2) is 0 Å². The maximum Gasteiger partial charge on any atom is 0.143 e. The molecule has 0 bridgehead atoms. The van der Waals surface area contributed by atoms with Crippen LogP contribution in [-0.4, -0.2) is 18.1 Å². The van der Waals surface area contributed by atoms with Gasteiger partial charge in [0.25, 0.3) is 0 Å². The maximum atomic E-state index is 11.2. The monoisotopic (exact) mass is 197 g/mol. The van der Waals surface area contributed by atoms with E-state index in [1.165, 1.54) is 13.8 Å². The van der Waals surface area contributed by atoms with Crippen molar-refractivity contribution >= 4 is 11.6 Å². The molecule has 0 aromatic heterocycles. The first kappa shape index (κ1) is 12.7. The van der Waals surface area contributed by atoms with Gasteiger partial charge in [0.05, 0.1) is 5.41 Å². The molecule has 0 aromatic carbocycles. The minimum atomic E-state index is -0.912. The molecule has 0 spiro atoms. The minimum Gasteiger partial charge on any atom is -0.299 e. The van der Waals surface area contributed by atoms with Crippen molar-refractivity contribution < 1.29 is 9.59 Å². The van der Waals surface area contributed by atoms with E-state index in [0.717, 1.165) is 0 Å². The van der Waals surface area contributed by atoms with Crippen molar-refractivity contribution in [2.24, 2.45) is 10.5 Å². The Kier molecular flexibility index (Phi) is 4.87. The summed E-state index contributed by atoms with van der Waals surface area (Å²) in [5.41, 5.74) is 7.13. The third kappa shape index (κ3) is 3.18. The molecule has 0 aliphatic rings. The van der Waals surface area contributed by atoms with Gasteiger partial charge in [-0.2, -0.15) is 0 Å². The molecule has 5 nitrogen and oxygen atoms in total. The molecule has 78 valence electrons. The molecular formula is C9H15N3O2. The highest BCUT2D eigenvalue weighted by Gasteiger charge is 2.33. The topological polar surface area (TPSA) is 82.9 Å². The van der Waals surface area contributed by atoms with Crippen molar-refractivity contribution in [2.45, 2.75) is 33.6 Å². The van der Waals surface area contributed by atoms with E-state index in [2.05, 4.69) is 10.0 Å². The van der Waals surface area contributed by atoms with Crippen LogP contribution in [0, 0.1) is 5.41 Å². The summed E-state index contributed by atoms with van der Waals surface area (Å²) in [6.45, 7) is 4.78. The SMILES string of the molecule is CC(=O)C(C)(CCCN=[N+]=[N-])C(C)=O. The lowest BCUT2D eigenvalue weighted by atomic mass is 9.78. The first-order chi connectivity index (χ1) is 6.45. The standard InChI is InChI=1S/C9H15N3O2/c1-7(13)9(3,8(2)14)5-4-6-11-12-10/h4-6H2,1-3H3. The molecule has 0 heterocycles. The normalized spacial score (nSPS) is 10.5. The molecule has 0 aromatic rings. The molecule has 14 heavy (non-hydrogen) atoms. The van der Waals surface area contributed by atoms with Crippen LogP contribution >= 0.6 is 0 Å². The number of ketones is 2. The first-order valence-corrected chi connectivity index (χ1v) is 4.48. The van der Waals surface area contributed by atoms with E-state index in [9.17, 15) is 9.59 Å². The van der Waals surface area contributed by atoms with E-state index in [0.29, 0.717) is 19.4 Å². The Morgan fingerprint density at radius 1 is 1.36 bits per heavy atom. The number of Topliss-reactive ketones (excluding diaryl/α,β-unsaturated/α-hetero) is 2. The van der Waals surface area contributed by atoms with Gasteiger partial charge in [0.2, 0.25) is 0 Å². The second kappa shape index (κ2) is 5.40. The summed E-state index contributed by atoms with van der Waals surface area (Å²) >= 11 is 0. The zero-order chi connectivity index (χ0) is 11.2. The third-order valence-corrected chi connectivity index (χ3v) is 2.55. The number of hydrogen-bond donors (Lipinski definition) is 0. The maximum absolute atomic E-state index is 11.2. The van der Waals surface area contributed by atoms with Crippen LogP contribution in [0.1, 0.15) is 33.6 Å². The summed E-state index contributed by atoms with van der Waals surface area (Å²) in [5, 5.41) is 3.35. The van der Waals surface area contributed by atoms with Crippen molar-refractivity contribution in [1.82, 2.24) is 0 Å². The van der Waals surface area contributed by atoms with Crippen molar-refractivity contribution in [2.75, 3.05) is 6.54 Å². The highest BCUT2D eigenvalue weighted by molar-refractivity contribution is 6.04. The fourth-order valence-corrected chi connectivity index (χ4v) is 1.15. The summed E-state index contributed by atoms with van der Waals surface area (Å²) in [6.07, 6.45) is 0.996. The quantitative estimate of drug-likeness (QED) is 0.215. The van der Waals surface area contributed by atoms with Crippen LogP contribution < -0.4 is 0 Å². The summed E-state index contributed by atoms with van der Waals surface area (Å²) in [7, 11) is 0. The van der Waals surface area contributed by atoms with Gasteiger partial charge in [0.15, 0.2) is 0 Å². The second-order valence-corrected chi connectivity index (χ2v) is 3.50. The molecule has 0 N–H and O–H groups in total. The highest BCUT2D eigenvalue weighted by atomic mass is 16.2. The van der Waals surface area contributed by atoms with Crippen LogP contribution in [0.2, 0.25) is 0 Å². The second-order valence-electron chi connectivity index (χ2n) is 3.50. The fraction of sp³-hybridized carbons (Fsp3) is 0.778. The zero-order valence-electron chi connectivity index (χ0n) is 8.78. The molecular weight excluding hydrogens is 182 g/mol. The predicted octanol–water partition coefficient (Wildman–Crippen LogP) is 2.26. The molecule has 0 aliphatic carbocycles. The summed E-state index contributed by atoms with van der Waals surface area (Å²) in [4.78, 5) is 25.1. The Labute approximate surface area is 83.1 Å². The van der Waals surface area contributed by atoms with Gasteiger partial charge in [-0.3, -0.25) is 9.59 Å². The number of carbonyl (C=O) groups is 2. The molecule has 0 saturated carbocycles. The molecule has 0 aliphatic heterocycles. The smallest absolute Gasteiger partial charge is 0.143 e. The lowest BCUT2D eigenvalue weighted by Crippen LogP contribution is -2.33. The Bertz CT molecular complexity index is 266. The first-order valence-electron chi connectivity index (χ1n) is 4.48. The number of rotatable bonds is 6. The van der Waals surface area contributed by atoms with E-state index in [-0.39, 0.29) is 11.6 Å². The number of carbonyl (C=O) groups excluding carboxylic acids is 2. The van der Waals surface area contributed by atoms with Gasteiger partial charge in [-0.15, -0.1) is 0 Å². The molecule has 0 atom stereocenters. The van der Waals surface area contributed by atoms with Crippen molar-refractivity contribution in [3.8, 4) is 0 Å². The van der Waals surface area contributed by atoms with E-state index >= 15 is 0 Å². The van der Waals surface area contributed by atoms with Gasteiger partial charge < -0.3 is 0 Å². The van der Waals surface area contributed by atoms with Crippen LogP contribution in [-0.2, 0) is 9.59 Å². The summed E-state index contributed by atoms with van der Waals surface area (Å²) < 4.78 is 0. The average molecular weight is 197 g/mol. The minimum absolute atomic E-state index is 0.133. The van der Waals surface area contributed by atoms with Crippen LogP contribution in [0.3, 0.4) is 0 Å². The Hall–Kier alpha value is -1.35. The Balaban J connectivity index is 4.32. The zero-order valence-corrected chi connectivity index (χ0v) is 8.78. The lowest BCUT2D eigenvalue weighted by molar-refractivity contribution is -0.137. The summed E-state index contributed by atoms with van der Waals surface area (Å²) in [6, 6.07) is 0. The molecule has 0 unspecified atom stereocenters. The number of nitrogens with zero attached hydrogens (tertiary/aromatic N) is 3. The van der Waals surface area contributed by atoms with Crippen molar-refractivity contribution in [1.29, 1.82) is 0 Å². The van der Waals surface area contributed by atoms with Gasteiger partial charge in [-0.05, 0) is 39.1 Å². The molecule has 0 fully saturated rings. The third-order valence-electron chi connectivity index (χ3n) is 2.55. The van der Waals surface area contributed by atoms with Gasteiger partial charge in [0.1, 0.15) is 11.6 Å². The highest BCUT2D eigenvalue weighted by Crippen LogP contribution is 2.25. The van der Waals surface area contributed by atoms with Crippen molar-refractivity contribution in [3.63, 3.8) is 0 Å². The Morgan fingerprint density at radius 2 is 1.86 bits per heavy atom. The van der Waals surface area contributed by atoms with Crippen LogP contribution in [0.4, 0.5) is 0 Å². The fourth-order valence-electron chi connectivity index (χ4n) is 1.15.